The molecule has 0 aromatic carbocycles. The number of ether oxygens (including phenoxy) is 1. The van der Waals surface area contributed by atoms with Crippen LogP contribution < -0.4 is 0 Å². The molecule has 15 heavy (non-hydrogen) atoms. The largest absolute Gasteiger partial charge is 0.373 e. The predicted molar refractivity (Wildman–Crippen MR) is 56.3 cm³/mol. The van der Waals surface area contributed by atoms with Crippen LogP contribution in [-0.2, 0) is 4.74 Å². The molecule has 0 fully saturated rings. The van der Waals surface area contributed by atoms with Crippen molar-refractivity contribution in [3.63, 3.8) is 0 Å². The van der Waals surface area contributed by atoms with Crippen molar-refractivity contribution >= 4 is 11.6 Å². The lowest BCUT2D eigenvalue weighted by Crippen LogP contribution is -2.14. The van der Waals surface area contributed by atoms with Gasteiger partial charge in [-0.25, -0.2) is 14.4 Å². The maximum Gasteiger partial charge on any atom is 0.181 e. The summed E-state index contributed by atoms with van der Waals surface area (Å²) in [7, 11) is 1.57. The van der Waals surface area contributed by atoms with E-state index in [0.29, 0.717) is 5.82 Å². The molecule has 1 aromatic rings. The minimum Gasteiger partial charge on any atom is -0.373 e. The first-order chi connectivity index (χ1) is 6.97. The van der Waals surface area contributed by atoms with Crippen LogP contribution in [0.5, 0.6) is 0 Å². The first kappa shape index (κ1) is 12.3. The van der Waals surface area contributed by atoms with Crippen molar-refractivity contribution in [3.8, 4) is 0 Å². The van der Waals surface area contributed by atoms with Gasteiger partial charge in [-0.1, -0.05) is 25.4 Å². The van der Waals surface area contributed by atoms with Crippen LogP contribution in [0.3, 0.4) is 0 Å². The molecule has 1 atom stereocenters. The molecule has 0 aliphatic heterocycles. The fraction of sp³-hybridized carbons (Fsp3) is 0.600. The second kappa shape index (κ2) is 4.86. The third-order valence-corrected chi connectivity index (χ3v) is 2.36. The van der Waals surface area contributed by atoms with E-state index in [9.17, 15) is 4.39 Å². The Hall–Kier alpha value is -0.740. The summed E-state index contributed by atoms with van der Waals surface area (Å²) in [6, 6.07) is 0. The smallest absolute Gasteiger partial charge is 0.181 e. The summed E-state index contributed by atoms with van der Waals surface area (Å²) in [5, 5.41) is -0.153. The van der Waals surface area contributed by atoms with Gasteiger partial charge in [0.2, 0.25) is 0 Å². The quantitative estimate of drug-likeness (QED) is 0.752. The molecule has 0 aliphatic carbocycles. The molecule has 0 bridgehead atoms. The summed E-state index contributed by atoms with van der Waals surface area (Å²) < 4.78 is 18.4. The summed E-state index contributed by atoms with van der Waals surface area (Å²) >= 11 is 5.64. The molecule has 3 nitrogen and oxygen atoms in total. The van der Waals surface area contributed by atoms with Gasteiger partial charge in [0.15, 0.2) is 16.8 Å². The fourth-order valence-electron chi connectivity index (χ4n) is 1.35. The highest BCUT2D eigenvalue weighted by Gasteiger charge is 2.20. The van der Waals surface area contributed by atoms with Gasteiger partial charge in [0.1, 0.15) is 6.10 Å². The second-order valence-electron chi connectivity index (χ2n) is 3.67. The van der Waals surface area contributed by atoms with Crippen molar-refractivity contribution in [2.24, 2.45) is 5.92 Å². The van der Waals surface area contributed by atoms with E-state index in [2.05, 4.69) is 9.97 Å². The number of aromatic nitrogens is 2. The van der Waals surface area contributed by atoms with Crippen molar-refractivity contribution in [2.45, 2.75) is 26.9 Å². The van der Waals surface area contributed by atoms with Crippen LogP contribution in [0.15, 0.2) is 0 Å². The zero-order valence-corrected chi connectivity index (χ0v) is 9.97. The number of methoxy groups -OCH3 is 1. The number of hydrogen-bond acceptors (Lipinski definition) is 3. The van der Waals surface area contributed by atoms with Crippen LogP contribution >= 0.6 is 11.6 Å². The highest BCUT2D eigenvalue weighted by Crippen LogP contribution is 2.24. The first-order valence-electron chi connectivity index (χ1n) is 4.69. The average Bonchev–Trinajstić information content (AvgIpc) is 2.14. The summed E-state index contributed by atoms with van der Waals surface area (Å²) in [6.45, 7) is 5.51. The second-order valence-corrected chi connectivity index (χ2v) is 4.03. The Morgan fingerprint density at radius 2 is 1.93 bits per heavy atom. The molecule has 0 spiro atoms. The van der Waals surface area contributed by atoms with E-state index in [4.69, 9.17) is 16.3 Å². The van der Waals surface area contributed by atoms with Crippen molar-refractivity contribution in [1.82, 2.24) is 9.97 Å². The zero-order chi connectivity index (χ0) is 11.6. The Kier molecular flexibility index (Phi) is 3.99. The molecule has 0 N–H and O–H groups in total. The zero-order valence-electron chi connectivity index (χ0n) is 9.21. The van der Waals surface area contributed by atoms with E-state index >= 15 is 0 Å². The van der Waals surface area contributed by atoms with Crippen molar-refractivity contribution in [1.29, 1.82) is 0 Å². The van der Waals surface area contributed by atoms with E-state index in [1.807, 2.05) is 13.8 Å². The molecular formula is C10H14ClFN2O. The Labute approximate surface area is 93.6 Å². The number of hydrogen-bond donors (Lipinski definition) is 0. The van der Waals surface area contributed by atoms with Gasteiger partial charge >= 0.3 is 0 Å². The monoisotopic (exact) mass is 232 g/mol. The topological polar surface area (TPSA) is 35.0 Å². The molecule has 5 heteroatoms. The van der Waals surface area contributed by atoms with Crippen LogP contribution in [0.2, 0.25) is 5.15 Å². The van der Waals surface area contributed by atoms with E-state index in [1.54, 1.807) is 14.0 Å². The molecule has 1 heterocycles. The average molecular weight is 233 g/mol. The maximum absolute atomic E-state index is 13.2. The van der Waals surface area contributed by atoms with Gasteiger partial charge in [-0.15, -0.1) is 0 Å². The lowest BCUT2D eigenvalue weighted by Gasteiger charge is -2.18. The summed E-state index contributed by atoms with van der Waals surface area (Å²) in [6.07, 6.45) is -0.262. The lowest BCUT2D eigenvalue weighted by molar-refractivity contribution is 0.0571. The number of nitrogens with zero attached hydrogens (tertiary/aromatic N) is 2. The minimum atomic E-state index is -0.570. The van der Waals surface area contributed by atoms with Crippen LogP contribution in [0.4, 0.5) is 4.39 Å². The Morgan fingerprint density at radius 1 is 1.33 bits per heavy atom. The van der Waals surface area contributed by atoms with E-state index in [0.717, 1.165) is 0 Å². The van der Waals surface area contributed by atoms with Crippen molar-refractivity contribution in [3.05, 3.63) is 22.5 Å². The molecule has 1 aromatic heterocycles. The molecular weight excluding hydrogens is 219 g/mol. The molecule has 0 aliphatic rings. The molecule has 0 radical (unpaired) electrons. The minimum absolute atomic E-state index is 0.153. The molecule has 0 saturated carbocycles. The van der Waals surface area contributed by atoms with Gasteiger partial charge < -0.3 is 4.74 Å². The normalized spacial score (nSPS) is 13.3. The van der Waals surface area contributed by atoms with Crippen LogP contribution in [0.1, 0.15) is 31.5 Å². The van der Waals surface area contributed by atoms with Crippen LogP contribution in [0, 0.1) is 18.7 Å². The SMILES string of the molecule is COC(c1nc(C)c(F)c(Cl)n1)C(C)C. The van der Waals surface area contributed by atoms with Gasteiger partial charge in [0.05, 0.1) is 5.69 Å². The summed E-state index contributed by atoms with van der Waals surface area (Å²) in [5.41, 5.74) is 0.243. The maximum atomic E-state index is 13.2. The van der Waals surface area contributed by atoms with Gasteiger partial charge in [-0.3, -0.25) is 0 Å². The van der Waals surface area contributed by atoms with Crippen LogP contribution in [0.25, 0.3) is 0 Å². The first-order valence-corrected chi connectivity index (χ1v) is 5.07. The van der Waals surface area contributed by atoms with Gasteiger partial charge in [0, 0.05) is 7.11 Å². The number of halogens is 2. The van der Waals surface area contributed by atoms with Gasteiger partial charge in [-0.05, 0) is 12.8 Å². The van der Waals surface area contributed by atoms with Gasteiger partial charge in [0.25, 0.3) is 0 Å². The van der Waals surface area contributed by atoms with Gasteiger partial charge in [-0.2, -0.15) is 0 Å². The Balaban J connectivity index is 3.14. The third-order valence-electron chi connectivity index (χ3n) is 2.11. The van der Waals surface area contributed by atoms with E-state index in [-0.39, 0.29) is 22.9 Å². The fourth-order valence-corrected chi connectivity index (χ4v) is 1.57. The lowest BCUT2D eigenvalue weighted by atomic mass is 10.1. The van der Waals surface area contributed by atoms with Crippen molar-refractivity contribution in [2.75, 3.05) is 7.11 Å². The third kappa shape index (κ3) is 2.63. The molecule has 0 amide bonds. The number of rotatable bonds is 3. The highest BCUT2D eigenvalue weighted by atomic mass is 35.5. The Morgan fingerprint density at radius 3 is 2.33 bits per heavy atom. The molecule has 1 unspecified atom stereocenters. The molecule has 1 rings (SSSR count). The summed E-state index contributed by atoms with van der Waals surface area (Å²) in [4.78, 5) is 7.91. The van der Waals surface area contributed by atoms with E-state index in [1.165, 1.54) is 0 Å². The molecule has 84 valence electrons. The Bertz CT molecular complexity index is 334. The predicted octanol–water partition coefficient (Wildman–Crippen LogP) is 2.92. The highest BCUT2D eigenvalue weighted by molar-refractivity contribution is 6.29. The summed E-state index contributed by atoms with van der Waals surface area (Å²) in [5.74, 6) is 0.0614. The molecule has 0 saturated heterocycles. The standard InChI is InChI=1S/C10H14ClFN2O/c1-5(2)8(15-4)10-13-6(3)7(12)9(11)14-10/h5,8H,1-4H3. The van der Waals surface area contributed by atoms with Crippen molar-refractivity contribution < 1.29 is 9.13 Å². The number of aryl methyl sites for hydroxylation is 1. The van der Waals surface area contributed by atoms with Crippen LogP contribution in [-0.4, -0.2) is 17.1 Å². The van der Waals surface area contributed by atoms with E-state index < -0.39 is 5.82 Å².